The van der Waals surface area contributed by atoms with Gasteiger partial charge in [0.05, 0.1) is 19.3 Å². The number of ether oxygens (including phenoxy) is 2. The molecule has 1 aromatic rings. The van der Waals surface area contributed by atoms with Gasteiger partial charge in [0.15, 0.2) is 0 Å². The van der Waals surface area contributed by atoms with Gasteiger partial charge in [0, 0.05) is 24.1 Å². The fraction of sp³-hybridized carbons (Fsp3) is 0.667. The van der Waals surface area contributed by atoms with Crippen molar-refractivity contribution in [2.45, 2.75) is 52.4 Å². The highest BCUT2D eigenvalue weighted by molar-refractivity contribution is 5.13. The normalized spacial score (nSPS) is 26.2. The van der Waals surface area contributed by atoms with Gasteiger partial charge in [-0.1, -0.05) is 30.3 Å². The maximum absolute atomic E-state index is 6.02. The van der Waals surface area contributed by atoms with E-state index in [9.17, 15) is 0 Å². The van der Waals surface area contributed by atoms with Crippen LogP contribution >= 0.6 is 0 Å². The molecule has 1 aromatic carbocycles. The Morgan fingerprint density at radius 2 is 2.00 bits per heavy atom. The van der Waals surface area contributed by atoms with Crippen molar-refractivity contribution in [1.29, 1.82) is 0 Å². The number of rotatable bonds is 6. The van der Waals surface area contributed by atoms with E-state index in [1.165, 1.54) is 5.56 Å². The van der Waals surface area contributed by atoms with Gasteiger partial charge in [-0.2, -0.15) is 0 Å². The van der Waals surface area contributed by atoms with E-state index in [1.54, 1.807) is 0 Å². The average Bonchev–Trinajstić information content (AvgIpc) is 2.79. The predicted octanol–water partition coefficient (Wildman–Crippen LogP) is 3.39. The highest BCUT2D eigenvalue weighted by Crippen LogP contribution is 2.35. The molecular weight excluding hydrogens is 262 g/mol. The highest BCUT2D eigenvalue weighted by Gasteiger charge is 2.42. The van der Waals surface area contributed by atoms with Crippen molar-refractivity contribution in [2.75, 3.05) is 19.8 Å². The Morgan fingerprint density at radius 3 is 2.57 bits per heavy atom. The SMILES string of the molecule is CC1OCCC1(CNC(C)(C)C)COCc1ccccc1. The lowest BCUT2D eigenvalue weighted by Gasteiger charge is -2.35. The lowest BCUT2D eigenvalue weighted by molar-refractivity contribution is -0.0146. The molecule has 0 radical (unpaired) electrons. The molecule has 21 heavy (non-hydrogen) atoms. The molecule has 0 amide bonds. The Bertz CT molecular complexity index is 427. The Morgan fingerprint density at radius 1 is 1.29 bits per heavy atom. The van der Waals surface area contributed by atoms with Crippen molar-refractivity contribution >= 4 is 0 Å². The number of hydrogen-bond acceptors (Lipinski definition) is 3. The van der Waals surface area contributed by atoms with E-state index >= 15 is 0 Å². The maximum Gasteiger partial charge on any atom is 0.0717 e. The predicted molar refractivity (Wildman–Crippen MR) is 86.3 cm³/mol. The van der Waals surface area contributed by atoms with E-state index in [-0.39, 0.29) is 17.1 Å². The molecule has 1 aliphatic rings. The van der Waals surface area contributed by atoms with Crippen LogP contribution in [0, 0.1) is 5.41 Å². The summed E-state index contributed by atoms with van der Waals surface area (Å²) in [6, 6.07) is 10.3. The van der Waals surface area contributed by atoms with Gasteiger partial charge < -0.3 is 14.8 Å². The molecule has 3 heteroatoms. The summed E-state index contributed by atoms with van der Waals surface area (Å²) in [5, 5.41) is 3.62. The van der Waals surface area contributed by atoms with Crippen molar-refractivity contribution in [3.8, 4) is 0 Å². The molecule has 118 valence electrons. The molecule has 0 aromatic heterocycles. The smallest absolute Gasteiger partial charge is 0.0717 e. The zero-order valence-corrected chi connectivity index (χ0v) is 13.8. The van der Waals surface area contributed by atoms with Crippen molar-refractivity contribution in [2.24, 2.45) is 5.41 Å². The Balaban J connectivity index is 1.91. The molecule has 0 aliphatic carbocycles. The summed E-state index contributed by atoms with van der Waals surface area (Å²) < 4.78 is 11.8. The summed E-state index contributed by atoms with van der Waals surface area (Å²) in [5.74, 6) is 0. The molecule has 2 unspecified atom stereocenters. The Labute approximate surface area is 129 Å². The molecule has 2 rings (SSSR count). The third-order valence-electron chi connectivity index (χ3n) is 4.30. The van der Waals surface area contributed by atoms with Crippen LogP contribution in [0.3, 0.4) is 0 Å². The van der Waals surface area contributed by atoms with Crippen molar-refractivity contribution in [1.82, 2.24) is 5.32 Å². The summed E-state index contributed by atoms with van der Waals surface area (Å²) in [4.78, 5) is 0. The van der Waals surface area contributed by atoms with Gasteiger partial charge >= 0.3 is 0 Å². The van der Waals surface area contributed by atoms with Crippen LogP contribution in [-0.2, 0) is 16.1 Å². The Kier molecular flexibility index (Phi) is 5.42. The zero-order valence-electron chi connectivity index (χ0n) is 13.8. The van der Waals surface area contributed by atoms with Gasteiger partial charge in [-0.25, -0.2) is 0 Å². The third-order valence-corrected chi connectivity index (χ3v) is 4.30. The van der Waals surface area contributed by atoms with Crippen LogP contribution in [0.5, 0.6) is 0 Å². The van der Waals surface area contributed by atoms with Crippen LogP contribution in [0.2, 0.25) is 0 Å². The van der Waals surface area contributed by atoms with Gasteiger partial charge in [-0.3, -0.25) is 0 Å². The summed E-state index contributed by atoms with van der Waals surface area (Å²) >= 11 is 0. The molecule has 1 fully saturated rings. The summed E-state index contributed by atoms with van der Waals surface area (Å²) in [6.45, 7) is 12.0. The summed E-state index contributed by atoms with van der Waals surface area (Å²) in [5.41, 5.74) is 1.43. The molecule has 0 spiro atoms. The van der Waals surface area contributed by atoms with Gasteiger partial charge in [0.25, 0.3) is 0 Å². The van der Waals surface area contributed by atoms with E-state index in [0.717, 1.165) is 26.2 Å². The molecule has 1 aliphatic heterocycles. The van der Waals surface area contributed by atoms with Crippen LogP contribution in [-0.4, -0.2) is 31.4 Å². The van der Waals surface area contributed by atoms with Gasteiger partial charge in [0.1, 0.15) is 0 Å². The monoisotopic (exact) mass is 291 g/mol. The minimum Gasteiger partial charge on any atom is -0.378 e. The number of hydrogen-bond donors (Lipinski definition) is 1. The first kappa shape index (κ1) is 16.5. The minimum atomic E-state index is 0.0854. The zero-order chi connectivity index (χ0) is 15.3. The van der Waals surface area contributed by atoms with Gasteiger partial charge in [-0.15, -0.1) is 0 Å². The van der Waals surface area contributed by atoms with E-state index in [4.69, 9.17) is 9.47 Å². The first-order chi connectivity index (χ1) is 9.91. The lowest BCUT2D eigenvalue weighted by atomic mass is 9.81. The van der Waals surface area contributed by atoms with E-state index in [2.05, 4.69) is 57.3 Å². The van der Waals surface area contributed by atoms with Crippen LogP contribution in [0.15, 0.2) is 30.3 Å². The second-order valence-corrected chi connectivity index (χ2v) is 7.21. The van der Waals surface area contributed by atoms with Gasteiger partial charge in [0.2, 0.25) is 0 Å². The second-order valence-electron chi connectivity index (χ2n) is 7.21. The van der Waals surface area contributed by atoms with Gasteiger partial charge in [-0.05, 0) is 39.7 Å². The minimum absolute atomic E-state index is 0.0854. The maximum atomic E-state index is 6.02. The quantitative estimate of drug-likeness (QED) is 0.871. The molecule has 3 nitrogen and oxygen atoms in total. The molecule has 1 saturated heterocycles. The van der Waals surface area contributed by atoms with Crippen molar-refractivity contribution in [3.05, 3.63) is 35.9 Å². The third kappa shape index (κ3) is 4.80. The highest BCUT2D eigenvalue weighted by atomic mass is 16.5. The first-order valence-corrected chi connectivity index (χ1v) is 7.90. The van der Waals surface area contributed by atoms with E-state index in [1.807, 2.05) is 6.07 Å². The first-order valence-electron chi connectivity index (χ1n) is 7.90. The molecule has 0 saturated carbocycles. The van der Waals surface area contributed by atoms with Crippen LogP contribution in [0.1, 0.15) is 39.7 Å². The molecule has 1 N–H and O–H groups in total. The second kappa shape index (κ2) is 6.91. The topological polar surface area (TPSA) is 30.5 Å². The van der Waals surface area contributed by atoms with Crippen molar-refractivity contribution < 1.29 is 9.47 Å². The average molecular weight is 291 g/mol. The number of benzene rings is 1. The molecule has 1 heterocycles. The van der Waals surface area contributed by atoms with Crippen LogP contribution < -0.4 is 5.32 Å². The summed E-state index contributed by atoms with van der Waals surface area (Å²) in [6.07, 6.45) is 1.30. The molecule has 2 atom stereocenters. The largest absolute Gasteiger partial charge is 0.378 e. The number of nitrogens with one attached hydrogen (secondary N) is 1. The molecular formula is C18H29NO2. The standard InChI is InChI=1S/C18H29NO2/c1-15-18(10-11-21-15,13-19-17(2,3)4)14-20-12-16-8-6-5-7-9-16/h5-9,15,19H,10-14H2,1-4H3. The van der Waals surface area contributed by atoms with E-state index in [0.29, 0.717) is 6.61 Å². The van der Waals surface area contributed by atoms with E-state index < -0.39 is 0 Å². The fourth-order valence-corrected chi connectivity index (χ4v) is 2.68. The lowest BCUT2D eigenvalue weighted by Crippen LogP contribution is -2.48. The van der Waals surface area contributed by atoms with Crippen molar-refractivity contribution in [3.63, 3.8) is 0 Å². The fourth-order valence-electron chi connectivity index (χ4n) is 2.68. The summed E-state index contributed by atoms with van der Waals surface area (Å²) in [7, 11) is 0. The van der Waals surface area contributed by atoms with Crippen LogP contribution in [0.4, 0.5) is 0 Å². The Hall–Kier alpha value is -0.900. The van der Waals surface area contributed by atoms with Crippen LogP contribution in [0.25, 0.3) is 0 Å². The molecule has 0 bridgehead atoms.